The highest BCUT2D eigenvalue weighted by molar-refractivity contribution is 7.89. The van der Waals surface area contributed by atoms with Gasteiger partial charge in [-0.15, -0.1) is 12.4 Å². The Morgan fingerprint density at radius 1 is 1.08 bits per heavy atom. The minimum absolute atomic E-state index is 0. The van der Waals surface area contributed by atoms with Crippen LogP contribution in [0.25, 0.3) is 0 Å². The van der Waals surface area contributed by atoms with Crippen LogP contribution < -0.4 is 4.74 Å². The number of rotatable bonds is 8. The van der Waals surface area contributed by atoms with Gasteiger partial charge in [-0.25, -0.2) is 22.2 Å². The molecular weight excluding hydrogens is 514 g/mol. The van der Waals surface area contributed by atoms with Crippen molar-refractivity contribution >= 4 is 28.2 Å². The Labute approximate surface area is 217 Å². The molecule has 2 fully saturated rings. The summed E-state index contributed by atoms with van der Waals surface area (Å²) >= 11 is 0. The first-order valence-corrected chi connectivity index (χ1v) is 13.3. The number of aromatic nitrogens is 2. The molecule has 0 spiro atoms. The number of para-hydroxylation sites is 1. The number of halogens is 3. The quantitative estimate of drug-likeness (QED) is 0.469. The van der Waals surface area contributed by atoms with Crippen LogP contribution in [0.15, 0.2) is 41.8 Å². The molecule has 1 saturated carbocycles. The van der Waals surface area contributed by atoms with Gasteiger partial charge in [-0.05, 0) is 31.4 Å². The monoisotopic (exact) mass is 546 g/mol. The molecule has 4 rings (SSSR count). The van der Waals surface area contributed by atoms with Gasteiger partial charge in [-0.1, -0.05) is 12.1 Å². The number of hydrogen-bond donors (Lipinski definition) is 0. The number of aryl methyl sites for hydroxylation is 1. The predicted molar refractivity (Wildman–Crippen MR) is 133 cm³/mol. The average Bonchev–Trinajstić information content (AvgIpc) is 3.31. The van der Waals surface area contributed by atoms with Gasteiger partial charge in [0.25, 0.3) is 10.0 Å². The van der Waals surface area contributed by atoms with Crippen molar-refractivity contribution in [3.63, 3.8) is 0 Å². The van der Waals surface area contributed by atoms with Crippen LogP contribution in [0, 0.1) is 0 Å². The van der Waals surface area contributed by atoms with Gasteiger partial charge in [0, 0.05) is 64.2 Å². The number of imidazole rings is 1. The van der Waals surface area contributed by atoms with Crippen LogP contribution in [-0.4, -0.2) is 77.7 Å². The van der Waals surface area contributed by atoms with Gasteiger partial charge in [0.1, 0.15) is 5.75 Å². The second-order valence-corrected chi connectivity index (χ2v) is 11.4. The van der Waals surface area contributed by atoms with E-state index in [1.807, 2.05) is 0 Å². The van der Waals surface area contributed by atoms with Crippen LogP contribution in [0.1, 0.15) is 48.9 Å². The Kier molecular flexibility index (Phi) is 8.80. The second-order valence-electron chi connectivity index (χ2n) is 9.47. The van der Waals surface area contributed by atoms with Gasteiger partial charge in [-0.3, -0.25) is 9.69 Å². The van der Waals surface area contributed by atoms with Crippen molar-refractivity contribution in [1.82, 2.24) is 18.8 Å². The normalized spacial score (nSPS) is 20.4. The highest BCUT2D eigenvalue weighted by atomic mass is 35.5. The summed E-state index contributed by atoms with van der Waals surface area (Å²) in [6.45, 7) is 1.33. The molecule has 2 aromatic rings. The molecule has 8 nitrogen and oxygen atoms in total. The number of carbonyl (C=O) groups is 1. The lowest BCUT2D eigenvalue weighted by molar-refractivity contribution is -0.0891. The summed E-state index contributed by atoms with van der Waals surface area (Å²) in [5, 5.41) is 0.00266. The first-order valence-electron chi connectivity index (χ1n) is 11.8. The largest absolute Gasteiger partial charge is 0.496 e. The molecule has 36 heavy (non-hydrogen) atoms. The standard InChI is InChI=1S/C24H32F2N4O4S.ClH/c1-28-17-22(27-18-28)35(32,33)30-15-13-29(14-16-30)23(9-11-24(25,26)12-10-23)8-7-20(31)19-5-3-4-6-21(19)34-2;/h3-6,17-18H,7-16H2,1-2H3;1H. The van der Waals surface area contributed by atoms with Crippen LogP contribution in [0.4, 0.5) is 8.78 Å². The van der Waals surface area contributed by atoms with Crippen LogP contribution in [0.3, 0.4) is 0 Å². The molecule has 2 heterocycles. The second kappa shape index (κ2) is 11.1. The van der Waals surface area contributed by atoms with Crippen LogP contribution >= 0.6 is 12.4 Å². The maximum atomic E-state index is 14.1. The van der Waals surface area contributed by atoms with Gasteiger partial charge in [0.2, 0.25) is 5.92 Å². The summed E-state index contributed by atoms with van der Waals surface area (Å²) in [4.78, 5) is 19.1. The van der Waals surface area contributed by atoms with E-state index in [0.29, 0.717) is 30.8 Å². The number of alkyl halides is 2. The lowest BCUT2D eigenvalue weighted by Gasteiger charge is -2.50. The molecule has 0 bridgehead atoms. The molecule has 1 aromatic heterocycles. The number of benzene rings is 1. The summed E-state index contributed by atoms with van der Waals surface area (Å²) in [7, 11) is -0.500. The maximum absolute atomic E-state index is 14.1. The molecule has 0 radical (unpaired) electrons. The number of ketones is 1. The van der Waals surface area contributed by atoms with E-state index in [1.165, 1.54) is 23.9 Å². The Bertz CT molecular complexity index is 1160. The molecule has 1 aliphatic carbocycles. The number of sulfonamides is 1. The van der Waals surface area contributed by atoms with Crippen molar-refractivity contribution in [2.24, 2.45) is 7.05 Å². The molecule has 0 atom stereocenters. The highest BCUT2D eigenvalue weighted by Crippen LogP contribution is 2.44. The highest BCUT2D eigenvalue weighted by Gasteiger charge is 2.47. The molecule has 1 saturated heterocycles. The molecule has 12 heteroatoms. The lowest BCUT2D eigenvalue weighted by atomic mass is 9.74. The maximum Gasteiger partial charge on any atom is 0.262 e. The Balaban J connectivity index is 0.00000361. The zero-order valence-corrected chi connectivity index (χ0v) is 22.2. The third kappa shape index (κ3) is 5.90. The third-order valence-electron chi connectivity index (χ3n) is 7.33. The van der Waals surface area contributed by atoms with Gasteiger partial charge in [0.05, 0.1) is 19.0 Å². The summed E-state index contributed by atoms with van der Waals surface area (Å²) in [5.41, 5.74) is -0.0854. The van der Waals surface area contributed by atoms with Crippen molar-refractivity contribution in [3.05, 3.63) is 42.4 Å². The molecule has 0 unspecified atom stereocenters. The Morgan fingerprint density at radius 3 is 2.31 bits per heavy atom. The molecule has 1 aromatic carbocycles. The minimum atomic E-state index is -3.72. The van der Waals surface area contributed by atoms with Crippen LogP contribution in [-0.2, 0) is 17.1 Å². The third-order valence-corrected chi connectivity index (χ3v) is 9.12. The van der Waals surface area contributed by atoms with E-state index >= 15 is 0 Å². The molecule has 2 aliphatic rings. The smallest absolute Gasteiger partial charge is 0.262 e. The molecule has 1 aliphatic heterocycles. The van der Waals surface area contributed by atoms with Crippen molar-refractivity contribution in [3.8, 4) is 5.75 Å². The SMILES string of the molecule is COc1ccccc1C(=O)CCC1(N2CCN(S(=O)(=O)c3cn(C)cn3)CC2)CCC(F)(F)CC1.Cl. The van der Waals surface area contributed by atoms with E-state index in [-0.39, 0.29) is 68.4 Å². The van der Waals surface area contributed by atoms with Crippen LogP contribution in [0.2, 0.25) is 0 Å². The molecular formula is C24H33ClF2N4O4S. The number of piperazine rings is 1. The first-order chi connectivity index (χ1) is 16.6. The molecule has 200 valence electrons. The van der Waals surface area contributed by atoms with Crippen molar-refractivity contribution in [2.45, 2.75) is 55.0 Å². The number of hydrogen-bond acceptors (Lipinski definition) is 6. The van der Waals surface area contributed by atoms with Gasteiger partial charge >= 0.3 is 0 Å². The van der Waals surface area contributed by atoms with E-state index in [2.05, 4.69) is 9.88 Å². The zero-order valence-electron chi connectivity index (χ0n) is 20.5. The minimum Gasteiger partial charge on any atom is -0.496 e. The van der Waals surface area contributed by atoms with E-state index in [4.69, 9.17) is 4.74 Å². The summed E-state index contributed by atoms with van der Waals surface area (Å²) < 4.78 is 62.4. The van der Waals surface area contributed by atoms with E-state index in [0.717, 1.165) is 0 Å². The summed E-state index contributed by atoms with van der Waals surface area (Å²) in [6.07, 6.45) is 3.63. The van der Waals surface area contributed by atoms with Gasteiger partial charge in [0.15, 0.2) is 10.8 Å². The van der Waals surface area contributed by atoms with Gasteiger partial charge in [-0.2, -0.15) is 4.31 Å². The number of nitrogens with zero attached hydrogens (tertiary/aromatic N) is 4. The summed E-state index contributed by atoms with van der Waals surface area (Å²) in [6, 6.07) is 7.00. The Morgan fingerprint density at radius 2 is 1.72 bits per heavy atom. The lowest BCUT2D eigenvalue weighted by Crippen LogP contribution is -2.59. The van der Waals surface area contributed by atoms with E-state index in [1.54, 1.807) is 35.9 Å². The summed E-state index contributed by atoms with van der Waals surface area (Å²) in [5.74, 6) is -2.30. The first kappa shape index (κ1) is 28.5. The number of carbonyl (C=O) groups excluding carboxylic acids is 1. The topological polar surface area (TPSA) is 84.7 Å². The molecule has 0 N–H and O–H groups in total. The van der Waals surface area contributed by atoms with Crippen molar-refractivity contribution in [1.29, 1.82) is 0 Å². The van der Waals surface area contributed by atoms with Gasteiger partial charge < -0.3 is 9.30 Å². The van der Waals surface area contributed by atoms with E-state index in [9.17, 15) is 22.0 Å². The predicted octanol–water partition coefficient (Wildman–Crippen LogP) is 3.77. The fourth-order valence-electron chi connectivity index (χ4n) is 5.22. The molecule has 0 amide bonds. The average molecular weight is 547 g/mol. The number of ether oxygens (including phenoxy) is 1. The Hall–Kier alpha value is -2.08. The number of Topliss-reactive ketones (excluding diaryl/α,β-unsaturated/α-hetero) is 1. The van der Waals surface area contributed by atoms with Crippen molar-refractivity contribution < 1.29 is 26.7 Å². The van der Waals surface area contributed by atoms with E-state index < -0.39 is 21.5 Å². The number of methoxy groups -OCH3 is 1. The fourth-order valence-corrected chi connectivity index (χ4v) is 6.61. The fraction of sp³-hybridized carbons (Fsp3) is 0.583. The van der Waals surface area contributed by atoms with Crippen LogP contribution in [0.5, 0.6) is 5.75 Å². The zero-order chi connectivity index (χ0) is 25.3. The van der Waals surface area contributed by atoms with Crippen molar-refractivity contribution in [2.75, 3.05) is 33.3 Å².